The molecule has 0 spiro atoms. The number of anilines is 2. The molecule has 0 fully saturated rings. The number of benzene rings is 1. The van der Waals surface area contributed by atoms with E-state index in [-0.39, 0.29) is 0 Å². The molecule has 0 saturated carbocycles. The van der Waals surface area contributed by atoms with E-state index in [2.05, 4.69) is 53.7 Å². The predicted octanol–water partition coefficient (Wildman–Crippen LogP) is 3.96. The maximum absolute atomic E-state index is 6.27. The summed E-state index contributed by atoms with van der Waals surface area (Å²) in [4.78, 5) is 11.4. The van der Waals surface area contributed by atoms with Crippen LogP contribution >= 0.6 is 0 Å². The molecule has 0 saturated heterocycles. The van der Waals surface area contributed by atoms with E-state index in [9.17, 15) is 0 Å². The standard InChI is InChI=1S/C22H32N6/c1-5-7-13-19-20(23)26-21(17-11-9-8-10-12-17)27-22(19)25-15-14-18(24-3)16-28(4)6-2/h7-13,16,24H,5-6,14-15H2,1-4H3,(H3,23,25,26,27)/b13-7-,18-16-. The van der Waals surface area contributed by atoms with Crippen LogP contribution in [0.2, 0.25) is 0 Å². The fraction of sp³-hybridized carbons (Fsp3) is 0.364. The van der Waals surface area contributed by atoms with E-state index < -0.39 is 0 Å². The Hall–Kier alpha value is -3.02. The van der Waals surface area contributed by atoms with E-state index in [0.29, 0.717) is 11.6 Å². The van der Waals surface area contributed by atoms with Crippen LogP contribution < -0.4 is 16.4 Å². The fourth-order valence-corrected chi connectivity index (χ4v) is 2.66. The van der Waals surface area contributed by atoms with Crippen LogP contribution in [0.25, 0.3) is 17.5 Å². The van der Waals surface area contributed by atoms with E-state index in [1.165, 1.54) is 0 Å². The number of allylic oxidation sites excluding steroid dienone is 1. The fourth-order valence-electron chi connectivity index (χ4n) is 2.66. The second-order valence-corrected chi connectivity index (χ2v) is 6.53. The molecule has 0 amide bonds. The second kappa shape index (κ2) is 11.0. The van der Waals surface area contributed by atoms with Gasteiger partial charge in [-0.1, -0.05) is 49.4 Å². The van der Waals surface area contributed by atoms with Gasteiger partial charge in [0, 0.05) is 51.1 Å². The van der Waals surface area contributed by atoms with Gasteiger partial charge in [0.15, 0.2) is 5.82 Å². The maximum atomic E-state index is 6.27. The number of hydrogen-bond donors (Lipinski definition) is 3. The largest absolute Gasteiger partial charge is 0.390 e. The summed E-state index contributed by atoms with van der Waals surface area (Å²) >= 11 is 0. The predicted molar refractivity (Wildman–Crippen MR) is 120 cm³/mol. The summed E-state index contributed by atoms with van der Waals surface area (Å²) in [5.41, 5.74) is 9.21. The van der Waals surface area contributed by atoms with Crippen molar-refractivity contribution in [2.75, 3.05) is 38.2 Å². The number of nitrogen functional groups attached to an aromatic ring is 1. The molecule has 0 aliphatic rings. The van der Waals surface area contributed by atoms with Gasteiger partial charge in [-0.2, -0.15) is 0 Å². The first-order valence-electron chi connectivity index (χ1n) is 9.81. The molecule has 0 unspecified atom stereocenters. The van der Waals surface area contributed by atoms with Crippen LogP contribution in [0.1, 0.15) is 32.3 Å². The first-order chi connectivity index (χ1) is 13.6. The quantitative estimate of drug-likeness (QED) is 0.579. The van der Waals surface area contributed by atoms with E-state index in [1.807, 2.05) is 43.5 Å². The number of hydrogen-bond acceptors (Lipinski definition) is 6. The molecule has 1 aromatic carbocycles. The summed E-state index contributed by atoms with van der Waals surface area (Å²) < 4.78 is 0. The number of nitrogens with two attached hydrogens (primary N) is 1. The highest BCUT2D eigenvalue weighted by molar-refractivity contribution is 5.74. The van der Waals surface area contributed by atoms with Crippen molar-refractivity contribution in [3.8, 4) is 11.4 Å². The van der Waals surface area contributed by atoms with Crippen molar-refractivity contribution in [1.29, 1.82) is 0 Å². The van der Waals surface area contributed by atoms with Gasteiger partial charge in [-0.15, -0.1) is 0 Å². The molecule has 0 aliphatic carbocycles. The van der Waals surface area contributed by atoms with Crippen molar-refractivity contribution in [3.63, 3.8) is 0 Å². The molecule has 0 radical (unpaired) electrons. The molecule has 1 aromatic heterocycles. The lowest BCUT2D eigenvalue weighted by molar-refractivity contribution is 0.474. The van der Waals surface area contributed by atoms with Gasteiger partial charge in [0.2, 0.25) is 0 Å². The van der Waals surface area contributed by atoms with Gasteiger partial charge in [-0.05, 0) is 13.3 Å². The van der Waals surface area contributed by atoms with Gasteiger partial charge < -0.3 is 21.3 Å². The first-order valence-corrected chi connectivity index (χ1v) is 9.81. The van der Waals surface area contributed by atoms with Crippen LogP contribution in [0.15, 0.2) is 48.3 Å². The highest BCUT2D eigenvalue weighted by Gasteiger charge is 2.11. The van der Waals surface area contributed by atoms with Crippen molar-refractivity contribution >= 4 is 17.7 Å². The summed E-state index contributed by atoms with van der Waals surface area (Å²) in [7, 11) is 4.01. The van der Waals surface area contributed by atoms with E-state index >= 15 is 0 Å². The van der Waals surface area contributed by atoms with Crippen molar-refractivity contribution in [3.05, 3.63) is 53.9 Å². The molecule has 2 aromatic rings. The van der Waals surface area contributed by atoms with E-state index in [0.717, 1.165) is 48.6 Å². The lowest BCUT2D eigenvalue weighted by Crippen LogP contribution is -2.18. The van der Waals surface area contributed by atoms with Crippen LogP contribution in [0.3, 0.4) is 0 Å². The zero-order valence-corrected chi connectivity index (χ0v) is 17.4. The van der Waals surface area contributed by atoms with Gasteiger partial charge in [0.05, 0.1) is 5.56 Å². The summed E-state index contributed by atoms with van der Waals surface area (Å²) in [6.07, 6.45) is 7.96. The van der Waals surface area contributed by atoms with Crippen LogP contribution in [0, 0.1) is 0 Å². The number of rotatable bonds is 10. The molecule has 1 heterocycles. The van der Waals surface area contributed by atoms with Crippen LogP contribution in [0.5, 0.6) is 0 Å². The van der Waals surface area contributed by atoms with Crippen molar-refractivity contribution < 1.29 is 0 Å². The molecular formula is C22H32N6. The number of nitrogens with zero attached hydrogens (tertiary/aromatic N) is 3. The molecule has 0 atom stereocenters. The molecule has 2 rings (SSSR count). The van der Waals surface area contributed by atoms with Crippen molar-refractivity contribution in [2.24, 2.45) is 0 Å². The molecule has 6 nitrogen and oxygen atoms in total. The Balaban J connectivity index is 2.26. The smallest absolute Gasteiger partial charge is 0.163 e. The Morgan fingerprint density at radius 3 is 2.57 bits per heavy atom. The summed E-state index contributed by atoms with van der Waals surface area (Å²) in [5, 5.41) is 6.71. The first kappa shape index (κ1) is 21.3. The van der Waals surface area contributed by atoms with Gasteiger partial charge >= 0.3 is 0 Å². The summed E-state index contributed by atoms with van der Waals surface area (Å²) in [6.45, 7) is 5.92. The Morgan fingerprint density at radius 2 is 1.93 bits per heavy atom. The Morgan fingerprint density at radius 1 is 1.18 bits per heavy atom. The lowest BCUT2D eigenvalue weighted by atomic mass is 10.2. The third kappa shape index (κ3) is 6.01. The molecular weight excluding hydrogens is 348 g/mol. The molecule has 150 valence electrons. The highest BCUT2D eigenvalue weighted by Crippen LogP contribution is 2.25. The average molecular weight is 381 g/mol. The van der Waals surface area contributed by atoms with Crippen LogP contribution in [0.4, 0.5) is 11.6 Å². The van der Waals surface area contributed by atoms with Gasteiger partial charge in [0.1, 0.15) is 11.6 Å². The minimum absolute atomic E-state index is 0.483. The zero-order valence-electron chi connectivity index (χ0n) is 17.4. The lowest BCUT2D eigenvalue weighted by Gasteiger charge is -2.16. The van der Waals surface area contributed by atoms with Crippen LogP contribution in [-0.2, 0) is 0 Å². The van der Waals surface area contributed by atoms with Gasteiger partial charge in [0.25, 0.3) is 0 Å². The monoisotopic (exact) mass is 380 g/mol. The average Bonchev–Trinajstić information content (AvgIpc) is 2.72. The van der Waals surface area contributed by atoms with Gasteiger partial charge in [-0.25, -0.2) is 9.97 Å². The third-order valence-corrected chi connectivity index (χ3v) is 4.41. The molecule has 0 aliphatic heterocycles. The van der Waals surface area contributed by atoms with Crippen LogP contribution in [-0.4, -0.2) is 42.1 Å². The van der Waals surface area contributed by atoms with E-state index in [4.69, 9.17) is 10.7 Å². The summed E-state index contributed by atoms with van der Waals surface area (Å²) in [5.74, 6) is 1.87. The molecule has 28 heavy (non-hydrogen) atoms. The minimum atomic E-state index is 0.483. The second-order valence-electron chi connectivity index (χ2n) is 6.53. The molecule has 4 N–H and O–H groups in total. The number of aromatic nitrogens is 2. The Kier molecular flexibility index (Phi) is 8.34. The normalized spacial score (nSPS) is 11.6. The summed E-state index contributed by atoms with van der Waals surface area (Å²) in [6, 6.07) is 9.90. The highest BCUT2D eigenvalue weighted by atomic mass is 15.1. The Bertz CT molecular complexity index is 798. The Labute approximate surface area is 168 Å². The zero-order chi connectivity index (χ0) is 20.4. The van der Waals surface area contributed by atoms with E-state index in [1.54, 1.807) is 0 Å². The minimum Gasteiger partial charge on any atom is -0.390 e. The maximum Gasteiger partial charge on any atom is 0.163 e. The van der Waals surface area contributed by atoms with Gasteiger partial charge in [-0.3, -0.25) is 0 Å². The third-order valence-electron chi connectivity index (χ3n) is 4.41. The molecule has 0 bridgehead atoms. The van der Waals surface area contributed by atoms with Crippen molar-refractivity contribution in [1.82, 2.24) is 20.2 Å². The molecule has 6 heteroatoms. The number of nitrogens with one attached hydrogen (secondary N) is 2. The van der Waals surface area contributed by atoms with Crippen molar-refractivity contribution in [2.45, 2.75) is 26.7 Å². The topological polar surface area (TPSA) is 79.1 Å². The SMILES string of the molecule is CC/C=C\c1c(N)nc(-c2ccccc2)nc1NCC/C(=C/N(C)CC)NC.